The molecule has 6 heteroatoms. The van der Waals surface area contributed by atoms with Crippen molar-refractivity contribution in [2.75, 3.05) is 19.9 Å². The lowest BCUT2D eigenvalue weighted by Gasteiger charge is -2.22. The molecule has 3 aromatic carbocycles. The van der Waals surface area contributed by atoms with Crippen molar-refractivity contribution in [2.45, 2.75) is 58.4 Å². The molecule has 1 aliphatic heterocycles. The van der Waals surface area contributed by atoms with Crippen LogP contribution in [0.5, 0.6) is 23.0 Å². The number of rotatable bonds is 10. The fraction of sp³-hybridized carbons (Fsp3) is 0.364. The molecule has 0 spiro atoms. The Morgan fingerprint density at radius 1 is 0.846 bits per heavy atom. The van der Waals surface area contributed by atoms with Crippen LogP contribution in [0.2, 0.25) is 0 Å². The summed E-state index contributed by atoms with van der Waals surface area (Å²) in [5, 5.41) is 3.63. The van der Waals surface area contributed by atoms with Crippen LogP contribution in [0, 0.1) is 0 Å². The van der Waals surface area contributed by atoms with Gasteiger partial charge in [-0.05, 0) is 83.5 Å². The Morgan fingerprint density at radius 2 is 1.49 bits per heavy atom. The van der Waals surface area contributed by atoms with E-state index < -0.39 is 0 Å². The monoisotopic (exact) mass is 527 g/mol. The van der Waals surface area contributed by atoms with Gasteiger partial charge in [0.05, 0.1) is 0 Å². The quantitative estimate of drug-likeness (QED) is 0.132. The fourth-order valence-corrected chi connectivity index (χ4v) is 5.44. The molecule has 1 heterocycles. The van der Waals surface area contributed by atoms with Crippen LogP contribution in [0.3, 0.4) is 0 Å². The molecule has 3 aromatic rings. The molecule has 0 radical (unpaired) electrons. The lowest BCUT2D eigenvalue weighted by Crippen LogP contribution is -2.34. The highest BCUT2D eigenvalue weighted by Crippen LogP contribution is 2.40. The van der Waals surface area contributed by atoms with Crippen molar-refractivity contribution in [1.82, 2.24) is 5.32 Å². The molecule has 6 nitrogen and oxygen atoms in total. The summed E-state index contributed by atoms with van der Waals surface area (Å²) in [6.07, 6.45) is 7.38. The third-order valence-electron chi connectivity index (χ3n) is 7.33. The van der Waals surface area contributed by atoms with E-state index in [0.717, 1.165) is 52.5 Å². The number of carbonyl (C=O) groups is 1. The molecule has 0 atom stereocenters. The van der Waals surface area contributed by atoms with Gasteiger partial charge in [0.25, 0.3) is 0 Å². The number of benzene rings is 3. The maximum absolute atomic E-state index is 11.4. The van der Waals surface area contributed by atoms with Crippen molar-refractivity contribution in [3.05, 3.63) is 83.4 Å². The maximum Gasteiger partial charge on any atom is 0.308 e. The first kappa shape index (κ1) is 26.8. The van der Waals surface area contributed by atoms with Crippen molar-refractivity contribution >= 4 is 17.1 Å². The molecule has 5 rings (SSSR count). The van der Waals surface area contributed by atoms with Crippen LogP contribution in [0.4, 0.5) is 0 Å². The highest BCUT2D eigenvalue weighted by Gasteiger charge is 2.18. The molecule has 2 aliphatic rings. The van der Waals surface area contributed by atoms with Gasteiger partial charge in [0.1, 0.15) is 18.1 Å². The van der Waals surface area contributed by atoms with Gasteiger partial charge in [0.15, 0.2) is 11.5 Å². The van der Waals surface area contributed by atoms with Crippen molar-refractivity contribution in [3.63, 3.8) is 0 Å². The summed E-state index contributed by atoms with van der Waals surface area (Å²) in [7, 11) is 0. The number of hydrogen-bond donors (Lipinski definition) is 1. The van der Waals surface area contributed by atoms with Gasteiger partial charge in [0, 0.05) is 19.5 Å². The summed E-state index contributed by atoms with van der Waals surface area (Å²) in [5.74, 6) is 2.57. The first-order chi connectivity index (χ1) is 19.1. The lowest BCUT2D eigenvalue weighted by atomic mass is 9.88. The minimum atomic E-state index is -0.336. The van der Waals surface area contributed by atoms with Gasteiger partial charge in [-0.3, -0.25) is 4.79 Å². The predicted molar refractivity (Wildman–Crippen MR) is 153 cm³/mol. The molecule has 1 aliphatic carbocycles. The molecule has 1 N–H and O–H groups in total. The number of ether oxygens (including phenoxy) is 4. The number of carbonyl (C=O) groups excluding carboxylic acids is 1. The van der Waals surface area contributed by atoms with E-state index in [-0.39, 0.29) is 12.8 Å². The summed E-state index contributed by atoms with van der Waals surface area (Å²) in [4.78, 5) is 11.4. The predicted octanol–water partition coefficient (Wildman–Crippen LogP) is 7.01. The zero-order chi connectivity index (χ0) is 27.0. The summed E-state index contributed by atoms with van der Waals surface area (Å²) in [5.41, 5.74) is 5.48. The Kier molecular flexibility index (Phi) is 8.84. The highest BCUT2D eigenvalue weighted by molar-refractivity contribution is 5.99. The second-order valence-corrected chi connectivity index (χ2v) is 10.1. The van der Waals surface area contributed by atoms with E-state index in [1.807, 2.05) is 48.5 Å². The Morgan fingerprint density at radius 3 is 2.15 bits per heavy atom. The van der Waals surface area contributed by atoms with Crippen LogP contribution < -0.4 is 24.3 Å². The van der Waals surface area contributed by atoms with Crippen LogP contribution in [0.15, 0.2) is 66.7 Å². The number of esters is 1. The smallest absolute Gasteiger partial charge is 0.308 e. The molecule has 204 valence electrons. The van der Waals surface area contributed by atoms with Crippen molar-refractivity contribution in [2.24, 2.45) is 0 Å². The zero-order valence-corrected chi connectivity index (χ0v) is 22.8. The summed E-state index contributed by atoms with van der Waals surface area (Å²) in [6, 6.07) is 22.7. The molecule has 1 saturated carbocycles. The average molecular weight is 528 g/mol. The first-order valence-corrected chi connectivity index (χ1v) is 14.0. The van der Waals surface area contributed by atoms with E-state index in [2.05, 4.69) is 30.4 Å². The zero-order valence-electron chi connectivity index (χ0n) is 22.8. The van der Waals surface area contributed by atoms with Crippen molar-refractivity contribution in [3.8, 4) is 23.0 Å². The largest absolute Gasteiger partial charge is 0.492 e. The minimum absolute atomic E-state index is 0.242. The lowest BCUT2D eigenvalue weighted by molar-refractivity contribution is -0.131. The third-order valence-corrected chi connectivity index (χ3v) is 7.33. The van der Waals surface area contributed by atoms with Crippen LogP contribution >= 0.6 is 0 Å². The maximum atomic E-state index is 11.4. The van der Waals surface area contributed by atoms with Crippen LogP contribution in [-0.4, -0.2) is 32.0 Å². The van der Waals surface area contributed by atoms with Gasteiger partial charge in [-0.2, -0.15) is 0 Å². The van der Waals surface area contributed by atoms with E-state index in [1.165, 1.54) is 44.6 Å². The van der Waals surface area contributed by atoms with E-state index in [9.17, 15) is 4.79 Å². The van der Waals surface area contributed by atoms with Crippen molar-refractivity contribution in [1.29, 1.82) is 0 Å². The molecule has 0 amide bonds. The van der Waals surface area contributed by atoms with E-state index in [0.29, 0.717) is 18.4 Å². The number of allylic oxidation sites excluding steroid dienone is 1. The topological polar surface area (TPSA) is 66.0 Å². The second-order valence-electron chi connectivity index (χ2n) is 10.1. The normalized spacial score (nSPS) is 15.5. The van der Waals surface area contributed by atoms with Crippen LogP contribution in [-0.2, 0) is 4.79 Å². The van der Waals surface area contributed by atoms with E-state index in [4.69, 9.17) is 18.9 Å². The molecule has 0 unspecified atom stereocenters. The summed E-state index contributed by atoms with van der Waals surface area (Å²) < 4.78 is 22.5. The van der Waals surface area contributed by atoms with Gasteiger partial charge in [-0.15, -0.1) is 0 Å². The minimum Gasteiger partial charge on any atom is -0.492 e. The Balaban J connectivity index is 1.40. The van der Waals surface area contributed by atoms with E-state index in [1.54, 1.807) is 0 Å². The Bertz CT molecular complexity index is 1290. The van der Waals surface area contributed by atoms with Crippen LogP contribution in [0.1, 0.15) is 69.1 Å². The van der Waals surface area contributed by atoms with Crippen molar-refractivity contribution < 1.29 is 23.7 Å². The second kappa shape index (κ2) is 12.9. The molecular formula is C33H37NO5. The number of nitrogens with one attached hydrogen (secondary N) is 1. The molecule has 0 aromatic heterocycles. The molecular weight excluding hydrogens is 490 g/mol. The van der Waals surface area contributed by atoms with Gasteiger partial charge in [-0.1, -0.05) is 56.5 Å². The van der Waals surface area contributed by atoms with E-state index >= 15 is 0 Å². The van der Waals surface area contributed by atoms with Gasteiger partial charge in [-0.25, -0.2) is 0 Å². The molecule has 1 fully saturated rings. The van der Waals surface area contributed by atoms with Crippen LogP contribution in [0.25, 0.3) is 11.1 Å². The highest BCUT2D eigenvalue weighted by atomic mass is 16.7. The SMILES string of the molecule is CCC(=C(c1ccc(OCCNC2CCCCC2)cc1)c1ccc(OC(C)=O)cc1)c1ccc2c(c1)OCO2. The number of fused-ring (bicyclic) bond motifs is 1. The van der Waals surface area contributed by atoms with Gasteiger partial charge >= 0.3 is 5.97 Å². The molecule has 39 heavy (non-hydrogen) atoms. The standard InChI is InChI=1S/C33H37NO5/c1-3-30(26-13-18-31-32(21-26)38-22-37-31)33(25-11-16-29(17-12-25)39-23(2)35)24-9-14-28(15-10-24)36-20-19-34-27-7-5-4-6-8-27/h9-18,21,27,34H,3-8,19-20,22H2,1-2H3. The van der Waals surface area contributed by atoms with Gasteiger partial charge in [0.2, 0.25) is 6.79 Å². The average Bonchev–Trinajstić information content (AvgIpc) is 3.43. The fourth-order valence-electron chi connectivity index (χ4n) is 5.44. The number of hydrogen-bond acceptors (Lipinski definition) is 6. The molecule has 0 bridgehead atoms. The molecule has 0 saturated heterocycles. The summed E-state index contributed by atoms with van der Waals surface area (Å²) >= 11 is 0. The Hall–Kier alpha value is -3.77. The third kappa shape index (κ3) is 6.82. The summed E-state index contributed by atoms with van der Waals surface area (Å²) in [6.45, 7) is 5.31. The van der Waals surface area contributed by atoms with Gasteiger partial charge < -0.3 is 24.3 Å². The first-order valence-electron chi connectivity index (χ1n) is 14.0. The Labute approximate surface area is 230 Å².